The molecular formula is C22H23N5O2. The van der Waals surface area contributed by atoms with Crippen molar-refractivity contribution in [2.45, 2.75) is 0 Å². The standard InChI is InChI=1S/C22H23N5O2/c1-2-4-18(5-3-1)21(22-10-25-13-26(11-22)15-27(12-22)14-25)24-23-9-17-6-7-19-20(8-17)29-16-28-19/h1-9H,10-16H2/b23-9-,24-21+. The van der Waals surface area contributed by atoms with Gasteiger partial charge in [-0.1, -0.05) is 30.3 Å². The molecule has 29 heavy (non-hydrogen) atoms. The van der Waals surface area contributed by atoms with E-state index in [-0.39, 0.29) is 12.2 Å². The van der Waals surface area contributed by atoms with Gasteiger partial charge in [0.2, 0.25) is 6.79 Å². The van der Waals surface area contributed by atoms with E-state index in [2.05, 4.69) is 44.1 Å². The Kier molecular flexibility index (Phi) is 3.94. The number of hydrogen-bond acceptors (Lipinski definition) is 7. The topological polar surface area (TPSA) is 52.9 Å². The summed E-state index contributed by atoms with van der Waals surface area (Å²) in [5.74, 6) is 1.54. The molecule has 0 saturated carbocycles. The quantitative estimate of drug-likeness (QED) is 0.592. The Morgan fingerprint density at radius 2 is 1.55 bits per heavy atom. The van der Waals surface area contributed by atoms with E-state index in [1.165, 1.54) is 0 Å². The van der Waals surface area contributed by atoms with Gasteiger partial charge in [0, 0.05) is 19.6 Å². The smallest absolute Gasteiger partial charge is 0.231 e. The minimum Gasteiger partial charge on any atom is -0.454 e. The lowest BCUT2D eigenvalue weighted by atomic mass is 9.74. The largest absolute Gasteiger partial charge is 0.454 e. The first-order chi connectivity index (χ1) is 14.3. The summed E-state index contributed by atoms with van der Waals surface area (Å²) in [6.45, 7) is 6.55. The number of nitrogens with zero attached hydrogens (tertiary/aromatic N) is 5. The van der Waals surface area contributed by atoms with Crippen molar-refractivity contribution in [3.63, 3.8) is 0 Å². The third-order valence-corrected chi connectivity index (χ3v) is 6.09. The van der Waals surface area contributed by atoms with Crippen LogP contribution in [0.3, 0.4) is 0 Å². The molecule has 7 heteroatoms. The van der Waals surface area contributed by atoms with Gasteiger partial charge in [-0.15, -0.1) is 0 Å². The minimum absolute atomic E-state index is 0.0116. The first kappa shape index (κ1) is 17.1. The van der Waals surface area contributed by atoms with Crippen LogP contribution in [0.4, 0.5) is 0 Å². The van der Waals surface area contributed by atoms with Crippen molar-refractivity contribution in [1.82, 2.24) is 14.7 Å². The van der Waals surface area contributed by atoms with Gasteiger partial charge < -0.3 is 9.47 Å². The lowest BCUT2D eigenvalue weighted by Gasteiger charge is -2.60. The van der Waals surface area contributed by atoms with Crippen LogP contribution in [-0.2, 0) is 0 Å². The second-order valence-corrected chi connectivity index (χ2v) is 8.36. The highest BCUT2D eigenvalue weighted by Crippen LogP contribution is 2.38. The number of rotatable bonds is 4. The highest BCUT2D eigenvalue weighted by molar-refractivity contribution is 6.05. The van der Waals surface area contributed by atoms with Crippen molar-refractivity contribution in [3.05, 3.63) is 59.7 Å². The van der Waals surface area contributed by atoms with Crippen LogP contribution >= 0.6 is 0 Å². The summed E-state index contributed by atoms with van der Waals surface area (Å²) in [4.78, 5) is 7.53. The molecule has 4 bridgehead atoms. The summed E-state index contributed by atoms with van der Waals surface area (Å²) in [7, 11) is 0. The van der Waals surface area contributed by atoms with E-state index in [0.29, 0.717) is 0 Å². The maximum absolute atomic E-state index is 5.46. The zero-order chi connectivity index (χ0) is 19.3. The molecule has 5 aliphatic heterocycles. The Bertz CT molecular complexity index is 953. The Morgan fingerprint density at radius 1 is 0.862 bits per heavy atom. The van der Waals surface area contributed by atoms with Crippen molar-refractivity contribution < 1.29 is 9.47 Å². The van der Waals surface area contributed by atoms with Crippen LogP contribution in [0.5, 0.6) is 11.5 Å². The van der Waals surface area contributed by atoms with Crippen LogP contribution in [0.15, 0.2) is 58.7 Å². The molecule has 5 heterocycles. The minimum atomic E-state index is -0.0116. The number of benzene rings is 2. The third kappa shape index (κ3) is 3.02. The molecule has 148 valence electrons. The molecule has 0 unspecified atom stereocenters. The molecule has 0 spiro atoms. The van der Waals surface area contributed by atoms with Crippen LogP contribution in [0.1, 0.15) is 11.1 Å². The van der Waals surface area contributed by atoms with Gasteiger partial charge in [-0.2, -0.15) is 10.2 Å². The Hall–Kier alpha value is -2.74. The molecule has 0 radical (unpaired) electrons. The molecule has 2 aromatic rings. The van der Waals surface area contributed by atoms with Crippen LogP contribution in [0.2, 0.25) is 0 Å². The molecular weight excluding hydrogens is 366 g/mol. The molecule has 2 aromatic carbocycles. The van der Waals surface area contributed by atoms with Gasteiger partial charge in [0.25, 0.3) is 0 Å². The molecule has 5 aliphatic rings. The lowest BCUT2D eigenvalue weighted by molar-refractivity contribution is -0.149. The fourth-order valence-electron chi connectivity index (χ4n) is 5.15. The highest BCUT2D eigenvalue weighted by Gasteiger charge is 2.51. The van der Waals surface area contributed by atoms with Gasteiger partial charge in [0.15, 0.2) is 11.5 Å². The van der Waals surface area contributed by atoms with Gasteiger partial charge in [-0.3, -0.25) is 14.7 Å². The summed E-state index contributed by atoms with van der Waals surface area (Å²) in [6.07, 6.45) is 1.80. The normalized spacial score (nSPS) is 32.3. The van der Waals surface area contributed by atoms with Crippen molar-refractivity contribution in [3.8, 4) is 11.5 Å². The van der Waals surface area contributed by atoms with E-state index in [0.717, 1.165) is 68.0 Å². The second kappa shape index (κ2) is 6.66. The first-order valence-electron chi connectivity index (χ1n) is 10.0. The summed E-state index contributed by atoms with van der Waals surface area (Å²) >= 11 is 0. The lowest BCUT2D eigenvalue weighted by Crippen LogP contribution is -2.74. The first-order valence-corrected chi connectivity index (χ1v) is 10.0. The average Bonchev–Trinajstić information content (AvgIpc) is 3.18. The molecule has 7 rings (SSSR count). The Balaban J connectivity index is 1.36. The van der Waals surface area contributed by atoms with E-state index in [4.69, 9.17) is 14.6 Å². The summed E-state index contributed by atoms with van der Waals surface area (Å²) in [5.41, 5.74) is 3.17. The second-order valence-electron chi connectivity index (χ2n) is 8.36. The molecule has 4 fully saturated rings. The van der Waals surface area contributed by atoms with E-state index >= 15 is 0 Å². The number of hydrogen-bond donors (Lipinski definition) is 0. The van der Waals surface area contributed by atoms with E-state index in [1.54, 1.807) is 6.21 Å². The summed E-state index contributed by atoms with van der Waals surface area (Å²) in [6, 6.07) is 16.3. The molecule has 7 nitrogen and oxygen atoms in total. The maximum Gasteiger partial charge on any atom is 0.231 e. The predicted molar refractivity (Wildman–Crippen MR) is 110 cm³/mol. The SMILES string of the molecule is C(=N/N=C(\c1ccccc1)C12CN3CN(CN(C3)C1)C2)/c1ccc2c(c1)OCO2. The highest BCUT2D eigenvalue weighted by atomic mass is 16.7. The van der Waals surface area contributed by atoms with Crippen LogP contribution in [0, 0.1) is 5.41 Å². The summed E-state index contributed by atoms with van der Waals surface area (Å²) in [5, 5.41) is 9.32. The predicted octanol–water partition coefficient (Wildman–Crippen LogP) is 2.04. The van der Waals surface area contributed by atoms with Crippen molar-refractivity contribution in [1.29, 1.82) is 0 Å². The fourth-order valence-corrected chi connectivity index (χ4v) is 5.15. The molecule has 0 aromatic heterocycles. The molecule has 0 atom stereocenters. The van der Waals surface area contributed by atoms with Crippen LogP contribution < -0.4 is 9.47 Å². The maximum atomic E-state index is 5.46. The number of fused-ring (bicyclic) bond motifs is 1. The Labute approximate surface area is 169 Å². The van der Waals surface area contributed by atoms with Gasteiger partial charge in [0.05, 0.1) is 37.3 Å². The van der Waals surface area contributed by atoms with Gasteiger partial charge in [-0.05, 0) is 29.3 Å². The third-order valence-electron chi connectivity index (χ3n) is 6.09. The summed E-state index contributed by atoms with van der Waals surface area (Å²) < 4.78 is 10.8. The molecule has 4 saturated heterocycles. The van der Waals surface area contributed by atoms with Crippen molar-refractivity contribution in [2.24, 2.45) is 15.6 Å². The molecule has 0 N–H and O–H groups in total. The average molecular weight is 389 g/mol. The van der Waals surface area contributed by atoms with E-state index in [9.17, 15) is 0 Å². The van der Waals surface area contributed by atoms with Crippen LogP contribution in [-0.4, -0.2) is 73.1 Å². The fraction of sp³-hybridized carbons (Fsp3) is 0.364. The zero-order valence-corrected chi connectivity index (χ0v) is 16.2. The monoisotopic (exact) mass is 389 g/mol. The molecule has 0 amide bonds. The van der Waals surface area contributed by atoms with Crippen molar-refractivity contribution >= 4 is 11.9 Å². The van der Waals surface area contributed by atoms with E-state index in [1.807, 2.05) is 24.3 Å². The number of ether oxygens (including phenoxy) is 2. The van der Waals surface area contributed by atoms with Gasteiger partial charge in [0.1, 0.15) is 0 Å². The van der Waals surface area contributed by atoms with E-state index < -0.39 is 0 Å². The van der Waals surface area contributed by atoms with Gasteiger partial charge in [-0.25, -0.2) is 0 Å². The van der Waals surface area contributed by atoms with Gasteiger partial charge >= 0.3 is 0 Å². The zero-order valence-electron chi connectivity index (χ0n) is 16.2. The van der Waals surface area contributed by atoms with Crippen LogP contribution in [0.25, 0.3) is 0 Å². The molecule has 0 aliphatic carbocycles. The van der Waals surface area contributed by atoms with Crippen molar-refractivity contribution in [2.75, 3.05) is 46.4 Å². The Morgan fingerprint density at radius 3 is 2.28 bits per heavy atom.